The Morgan fingerprint density at radius 1 is 1.46 bits per heavy atom. The van der Waals surface area contributed by atoms with E-state index in [1.165, 1.54) is 0 Å². The van der Waals surface area contributed by atoms with Crippen molar-refractivity contribution in [2.75, 3.05) is 26.3 Å². The number of nitrogens with zero attached hydrogens (tertiary/aromatic N) is 2. The van der Waals surface area contributed by atoms with Crippen LogP contribution >= 0.6 is 11.6 Å². The number of halogens is 1. The van der Waals surface area contributed by atoms with Crippen LogP contribution in [0, 0.1) is 11.3 Å². The molecule has 1 aromatic carbocycles. The molecule has 7 heteroatoms. The molecule has 2 rings (SSSR count). The van der Waals surface area contributed by atoms with E-state index in [2.05, 4.69) is 6.07 Å². The fourth-order valence-corrected chi connectivity index (χ4v) is 3.24. The first kappa shape index (κ1) is 20.3. The highest BCUT2D eigenvalue weighted by atomic mass is 35.5. The van der Waals surface area contributed by atoms with Gasteiger partial charge in [-0.05, 0) is 45.7 Å². The molecule has 0 unspecified atom stereocenters. The summed E-state index contributed by atoms with van der Waals surface area (Å²) >= 11 is 6.29. The Morgan fingerprint density at radius 3 is 2.62 bits per heavy atom. The summed E-state index contributed by atoms with van der Waals surface area (Å²) in [6.07, 6.45) is 0.0128. The van der Waals surface area contributed by atoms with Gasteiger partial charge < -0.3 is 19.5 Å². The third kappa shape index (κ3) is 4.40. The molecule has 1 aliphatic heterocycles. The van der Waals surface area contributed by atoms with Gasteiger partial charge in [0.25, 0.3) is 0 Å². The lowest BCUT2D eigenvalue weighted by atomic mass is 9.85. The molecular formula is C19H25ClN2O4. The van der Waals surface area contributed by atoms with Crippen LogP contribution in [-0.2, 0) is 11.2 Å². The second-order valence-electron chi connectivity index (χ2n) is 7.24. The fourth-order valence-electron chi connectivity index (χ4n) is 2.97. The van der Waals surface area contributed by atoms with Gasteiger partial charge in [0.15, 0.2) is 0 Å². The summed E-state index contributed by atoms with van der Waals surface area (Å²) in [5.41, 5.74) is 1.29. The number of benzene rings is 1. The van der Waals surface area contributed by atoms with Gasteiger partial charge in [0.1, 0.15) is 17.4 Å². The zero-order valence-electron chi connectivity index (χ0n) is 15.6. The zero-order chi connectivity index (χ0) is 19.5. The standard InChI is InChI=1S/C19H25ClN2O4/c1-5-25-17-12(6-7-23)8-15(20)14(9-21)16(17)13-10-22(11-13)18(24)26-19(2,3)4/h8,13,23H,5-7,10-11H2,1-4H3. The number of nitriles is 1. The zero-order valence-corrected chi connectivity index (χ0v) is 16.4. The van der Waals surface area contributed by atoms with Crippen molar-refractivity contribution < 1.29 is 19.4 Å². The predicted octanol–water partition coefficient (Wildman–Crippen LogP) is 3.48. The number of likely N-dealkylation sites (tertiary alicyclic amines) is 1. The minimum absolute atomic E-state index is 0.0452. The largest absolute Gasteiger partial charge is 0.493 e. The van der Waals surface area contributed by atoms with Crippen molar-refractivity contribution in [2.24, 2.45) is 0 Å². The van der Waals surface area contributed by atoms with Crippen LogP contribution < -0.4 is 4.74 Å². The fraction of sp³-hybridized carbons (Fsp3) is 0.579. The highest BCUT2D eigenvalue weighted by Crippen LogP contribution is 2.41. The van der Waals surface area contributed by atoms with Gasteiger partial charge in [0, 0.05) is 31.2 Å². The van der Waals surface area contributed by atoms with Gasteiger partial charge >= 0.3 is 6.09 Å². The first-order chi connectivity index (χ1) is 12.2. The Labute approximate surface area is 159 Å². The Morgan fingerprint density at radius 2 is 2.12 bits per heavy atom. The Hall–Kier alpha value is -1.97. The number of hydrogen-bond acceptors (Lipinski definition) is 5. The molecule has 0 saturated carbocycles. The summed E-state index contributed by atoms with van der Waals surface area (Å²) in [5.74, 6) is 0.534. The van der Waals surface area contributed by atoms with Crippen LogP contribution in [0.2, 0.25) is 5.02 Å². The quantitative estimate of drug-likeness (QED) is 0.845. The second-order valence-corrected chi connectivity index (χ2v) is 7.64. The summed E-state index contributed by atoms with van der Waals surface area (Å²) < 4.78 is 11.2. The lowest BCUT2D eigenvalue weighted by Gasteiger charge is -2.41. The molecule has 0 aliphatic carbocycles. The van der Waals surface area contributed by atoms with E-state index in [-0.39, 0.29) is 18.6 Å². The van der Waals surface area contributed by atoms with Gasteiger partial charge in [0.05, 0.1) is 17.2 Å². The monoisotopic (exact) mass is 380 g/mol. The molecule has 0 spiro atoms. The van der Waals surface area contributed by atoms with Crippen molar-refractivity contribution in [3.63, 3.8) is 0 Å². The molecule has 1 saturated heterocycles. The number of hydrogen-bond donors (Lipinski definition) is 1. The Bertz CT molecular complexity index is 716. The van der Waals surface area contributed by atoms with E-state index in [1.54, 1.807) is 11.0 Å². The first-order valence-electron chi connectivity index (χ1n) is 8.68. The van der Waals surface area contributed by atoms with Gasteiger partial charge in [-0.25, -0.2) is 4.79 Å². The van der Waals surface area contributed by atoms with E-state index < -0.39 is 5.60 Å². The SMILES string of the molecule is CCOc1c(CCO)cc(Cl)c(C#N)c1C1CN(C(=O)OC(C)(C)C)C1. The van der Waals surface area contributed by atoms with Gasteiger partial charge in [-0.2, -0.15) is 5.26 Å². The van der Waals surface area contributed by atoms with Crippen molar-refractivity contribution in [1.29, 1.82) is 5.26 Å². The molecule has 1 fully saturated rings. The number of ether oxygens (including phenoxy) is 2. The van der Waals surface area contributed by atoms with E-state index >= 15 is 0 Å². The number of carbonyl (C=O) groups excluding carboxylic acids is 1. The maximum atomic E-state index is 12.2. The molecule has 1 aromatic rings. The van der Waals surface area contributed by atoms with E-state index in [9.17, 15) is 15.2 Å². The topological polar surface area (TPSA) is 82.8 Å². The molecule has 0 bridgehead atoms. The molecule has 1 aliphatic rings. The molecule has 0 radical (unpaired) electrons. The second kappa shape index (κ2) is 8.15. The molecule has 26 heavy (non-hydrogen) atoms. The van der Waals surface area contributed by atoms with Crippen molar-refractivity contribution in [3.8, 4) is 11.8 Å². The molecule has 0 aromatic heterocycles. The van der Waals surface area contributed by atoms with E-state index in [0.717, 1.165) is 5.56 Å². The normalized spacial score (nSPS) is 14.6. The number of aliphatic hydroxyl groups is 1. The number of carbonyl (C=O) groups is 1. The van der Waals surface area contributed by atoms with Gasteiger partial charge in [-0.1, -0.05) is 11.6 Å². The molecule has 0 atom stereocenters. The van der Waals surface area contributed by atoms with E-state index in [1.807, 2.05) is 27.7 Å². The first-order valence-corrected chi connectivity index (χ1v) is 9.06. The number of rotatable bonds is 5. The lowest BCUT2D eigenvalue weighted by Crippen LogP contribution is -2.50. The van der Waals surface area contributed by atoms with Crippen molar-refractivity contribution in [1.82, 2.24) is 4.90 Å². The third-order valence-electron chi connectivity index (χ3n) is 4.07. The minimum atomic E-state index is -0.555. The van der Waals surface area contributed by atoms with Gasteiger partial charge in [-0.3, -0.25) is 0 Å². The number of amides is 1. The van der Waals surface area contributed by atoms with Crippen LogP contribution in [0.4, 0.5) is 4.79 Å². The molecule has 1 N–H and O–H groups in total. The Kier molecular flexibility index (Phi) is 6.38. The van der Waals surface area contributed by atoms with Gasteiger partial charge in [0.2, 0.25) is 0 Å². The van der Waals surface area contributed by atoms with Crippen molar-refractivity contribution >= 4 is 17.7 Å². The van der Waals surface area contributed by atoms with Crippen molar-refractivity contribution in [2.45, 2.75) is 45.6 Å². The van der Waals surface area contributed by atoms with E-state index in [0.29, 0.717) is 48.0 Å². The molecule has 1 heterocycles. The van der Waals surface area contributed by atoms with Crippen molar-refractivity contribution in [3.05, 3.63) is 27.8 Å². The highest BCUT2D eigenvalue weighted by Gasteiger charge is 2.38. The molecular weight excluding hydrogens is 356 g/mol. The van der Waals surface area contributed by atoms with Crippen LogP contribution in [0.3, 0.4) is 0 Å². The average molecular weight is 381 g/mol. The maximum absolute atomic E-state index is 12.2. The lowest BCUT2D eigenvalue weighted by molar-refractivity contribution is 0.00793. The summed E-state index contributed by atoms with van der Waals surface area (Å²) in [4.78, 5) is 13.8. The molecule has 6 nitrogen and oxygen atoms in total. The van der Waals surface area contributed by atoms with Crippen LogP contribution in [-0.4, -0.2) is 48.0 Å². The van der Waals surface area contributed by atoms with Crippen LogP contribution in [0.1, 0.15) is 50.3 Å². The Balaban J connectivity index is 2.31. The highest BCUT2D eigenvalue weighted by molar-refractivity contribution is 6.32. The molecule has 1 amide bonds. The van der Waals surface area contributed by atoms with Crippen LogP contribution in [0.5, 0.6) is 5.75 Å². The number of aliphatic hydroxyl groups excluding tert-OH is 1. The third-order valence-corrected chi connectivity index (χ3v) is 4.37. The summed E-state index contributed by atoms with van der Waals surface area (Å²) in [6, 6.07) is 3.83. The van der Waals surface area contributed by atoms with Crippen LogP contribution in [0.15, 0.2) is 6.07 Å². The maximum Gasteiger partial charge on any atom is 0.410 e. The smallest absolute Gasteiger partial charge is 0.410 e. The average Bonchev–Trinajstić information content (AvgIpc) is 2.47. The summed E-state index contributed by atoms with van der Waals surface area (Å²) in [5, 5.41) is 19.2. The minimum Gasteiger partial charge on any atom is -0.493 e. The van der Waals surface area contributed by atoms with E-state index in [4.69, 9.17) is 21.1 Å². The predicted molar refractivity (Wildman–Crippen MR) is 98.7 cm³/mol. The van der Waals surface area contributed by atoms with Crippen LogP contribution in [0.25, 0.3) is 0 Å². The summed E-state index contributed by atoms with van der Waals surface area (Å²) in [7, 11) is 0. The van der Waals surface area contributed by atoms with Gasteiger partial charge in [-0.15, -0.1) is 0 Å². The molecule has 142 valence electrons. The summed E-state index contributed by atoms with van der Waals surface area (Å²) in [6.45, 7) is 8.58.